The molecule has 0 aliphatic carbocycles. The molecule has 140 valence electrons. The summed E-state index contributed by atoms with van der Waals surface area (Å²) in [6, 6.07) is 16.4. The molecule has 4 nitrogen and oxygen atoms in total. The smallest absolute Gasteiger partial charge is 0.307 e. The average molecular weight is 374 g/mol. The molecule has 1 N–H and O–H groups in total. The standard InChI is InChI=1S/C23H19FN2O2/c1-15-18(13-23(27)28)12-17-5-6-19(24)14-22(17)21(15)11-16-3-7-20(8-4-16)26-10-2-9-25-26/h2-10,12,14H,11,13H2,1H3,(H,27,28). The topological polar surface area (TPSA) is 55.1 Å². The Morgan fingerprint density at radius 2 is 1.93 bits per heavy atom. The second kappa shape index (κ2) is 7.27. The Morgan fingerprint density at radius 3 is 2.61 bits per heavy atom. The van der Waals surface area contributed by atoms with Gasteiger partial charge in [0, 0.05) is 12.4 Å². The van der Waals surface area contributed by atoms with Crippen LogP contribution in [0, 0.1) is 12.7 Å². The predicted octanol–water partition coefficient (Wildman–Crippen LogP) is 4.69. The largest absolute Gasteiger partial charge is 0.481 e. The number of fused-ring (bicyclic) bond motifs is 1. The molecule has 0 amide bonds. The van der Waals surface area contributed by atoms with Crippen LogP contribution in [0.1, 0.15) is 22.3 Å². The minimum absolute atomic E-state index is 0.0512. The van der Waals surface area contributed by atoms with E-state index in [1.165, 1.54) is 12.1 Å². The maximum atomic E-state index is 13.9. The fraction of sp³-hybridized carbons (Fsp3) is 0.130. The highest BCUT2D eigenvalue weighted by Crippen LogP contribution is 2.29. The maximum Gasteiger partial charge on any atom is 0.307 e. The summed E-state index contributed by atoms with van der Waals surface area (Å²) in [6.07, 6.45) is 4.15. The van der Waals surface area contributed by atoms with Crippen LogP contribution in [0.3, 0.4) is 0 Å². The van der Waals surface area contributed by atoms with Crippen LogP contribution in [0.2, 0.25) is 0 Å². The van der Waals surface area contributed by atoms with Crippen LogP contribution >= 0.6 is 0 Å². The van der Waals surface area contributed by atoms with Crippen LogP contribution in [0.15, 0.2) is 67.0 Å². The monoisotopic (exact) mass is 374 g/mol. The number of carboxylic acids is 1. The van der Waals surface area contributed by atoms with Crippen LogP contribution in [0.4, 0.5) is 4.39 Å². The van der Waals surface area contributed by atoms with Gasteiger partial charge in [0.25, 0.3) is 0 Å². The third-order valence-corrected chi connectivity index (χ3v) is 5.03. The molecule has 0 saturated heterocycles. The summed E-state index contributed by atoms with van der Waals surface area (Å²) in [4.78, 5) is 11.3. The molecular formula is C23H19FN2O2. The van der Waals surface area contributed by atoms with E-state index >= 15 is 0 Å². The van der Waals surface area contributed by atoms with E-state index < -0.39 is 5.97 Å². The Kier molecular flexibility index (Phi) is 4.65. The van der Waals surface area contributed by atoms with Crippen molar-refractivity contribution in [1.29, 1.82) is 0 Å². The summed E-state index contributed by atoms with van der Waals surface area (Å²) in [6.45, 7) is 1.91. The lowest BCUT2D eigenvalue weighted by atomic mass is 9.89. The van der Waals surface area contributed by atoms with Crippen molar-refractivity contribution in [3.63, 3.8) is 0 Å². The Labute approximate surface area is 161 Å². The first-order chi connectivity index (χ1) is 13.5. The molecule has 0 unspecified atom stereocenters. The summed E-state index contributed by atoms with van der Waals surface area (Å²) in [7, 11) is 0. The van der Waals surface area contributed by atoms with Crippen molar-refractivity contribution in [2.75, 3.05) is 0 Å². The maximum absolute atomic E-state index is 13.9. The van der Waals surface area contributed by atoms with Crippen LogP contribution in [0.5, 0.6) is 0 Å². The Balaban J connectivity index is 1.77. The first-order valence-electron chi connectivity index (χ1n) is 9.02. The van der Waals surface area contributed by atoms with Crippen molar-refractivity contribution >= 4 is 16.7 Å². The van der Waals surface area contributed by atoms with Gasteiger partial charge in [0.2, 0.25) is 0 Å². The molecule has 0 bridgehead atoms. The highest BCUT2D eigenvalue weighted by molar-refractivity contribution is 5.89. The number of carboxylic acid groups (broad SMARTS) is 1. The molecule has 5 heteroatoms. The minimum Gasteiger partial charge on any atom is -0.481 e. The first kappa shape index (κ1) is 17.9. The highest BCUT2D eigenvalue weighted by Gasteiger charge is 2.14. The van der Waals surface area contributed by atoms with Crippen LogP contribution in [-0.4, -0.2) is 20.9 Å². The number of nitrogens with zero attached hydrogens (tertiary/aromatic N) is 2. The molecule has 4 aromatic rings. The van der Waals surface area contributed by atoms with Gasteiger partial charge in [-0.05, 0) is 76.7 Å². The lowest BCUT2D eigenvalue weighted by molar-refractivity contribution is -0.136. The zero-order valence-electron chi connectivity index (χ0n) is 15.4. The number of aromatic nitrogens is 2. The van der Waals surface area contributed by atoms with Gasteiger partial charge >= 0.3 is 5.97 Å². The van der Waals surface area contributed by atoms with Gasteiger partial charge in [-0.2, -0.15) is 5.10 Å². The summed E-state index contributed by atoms with van der Waals surface area (Å²) < 4.78 is 15.7. The third-order valence-electron chi connectivity index (χ3n) is 5.03. The first-order valence-corrected chi connectivity index (χ1v) is 9.02. The minimum atomic E-state index is -0.876. The fourth-order valence-electron chi connectivity index (χ4n) is 3.57. The van der Waals surface area contributed by atoms with E-state index in [4.69, 9.17) is 0 Å². The molecule has 28 heavy (non-hydrogen) atoms. The molecular weight excluding hydrogens is 355 g/mol. The Hall–Kier alpha value is -3.47. The number of hydrogen-bond acceptors (Lipinski definition) is 2. The molecule has 0 fully saturated rings. The van der Waals surface area contributed by atoms with Gasteiger partial charge in [-0.25, -0.2) is 9.07 Å². The number of rotatable bonds is 5. The Morgan fingerprint density at radius 1 is 1.14 bits per heavy atom. The van der Waals surface area contributed by atoms with Crippen LogP contribution in [-0.2, 0) is 17.6 Å². The van der Waals surface area contributed by atoms with Gasteiger partial charge in [-0.1, -0.05) is 24.3 Å². The molecule has 1 heterocycles. The molecule has 0 aliphatic rings. The average Bonchev–Trinajstić information content (AvgIpc) is 3.20. The number of aliphatic carboxylic acids is 1. The van der Waals surface area contributed by atoms with E-state index in [1.54, 1.807) is 16.9 Å². The summed E-state index contributed by atoms with van der Waals surface area (Å²) >= 11 is 0. The quantitative estimate of drug-likeness (QED) is 0.551. The van der Waals surface area contributed by atoms with Gasteiger partial charge in [-0.3, -0.25) is 4.79 Å². The summed E-state index contributed by atoms with van der Waals surface area (Å²) in [5, 5.41) is 15.1. The fourth-order valence-corrected chi connectivity index (χ4v) is 3.57. The molecule has 1 aromatic heterocycles. The van der Waals surface area contributed by atoms with Gasteiger partial charge in [0.1, 0.15) is 5.82 Å². The summed E-state index contributed by atoms with van der Waals surface area (Å²) in [5.41, 5.74) is 4.64. The molecule has 0 radical (unpaired) electrons. The highest BCUT2D eigenvalue weighted by atomic mass is 19.1. The van der Waals surface area contributed by atoms with Gasteiger partial charge in [0.05, 0.1) is 12.1 Å². The second-order valence-corrected chi connectivity index (χ2v) is 6.87. The van der Waals surface area contributed by atoms with Gasteiger partial charge < -0.3 is 5.11 Å². The molecule has 0 aliphatic heterocycles. The molecule has 0 saturated carbocycles. The van der Waals surface area contributed by atoms with Crippen LogP contribution in [0.25, 0.3) is 16.5 Å². The lowest BCUT2D eigenvalue weighted by Gasteiger charge is -2.15. The van der Waals surface area contributed by atoms with Crippen molar-refractivity contribution < 1.29 is 14.3 Å². The van der Waals surface area contributed by atoms with Crippen molar-refractivity contribution in [3.05, 3.63) is 95.1 Å². The van der Waals surface area contributed by atoms with Gasteiger partial charge in [-0.15, -0.1) is 0 Å². The van der Waals surface area contributed by atoms with E-state index in [9.17, 15) is 14.3 Å². The van der Waals surface area contributed by atoms with E-state index in [-0.39, 0.29) is 12.2 Å². The molecule has 0 spiro atoms. The Bertz CT molecular complexity index is 1150. The molecule has 0 atom stereocenters. The summed E-state index contributed by atoms with van der Waals surface area (Å²) in [5.74, 6) is -1.17. The van der Waals surface area contributed by atoms with E-state index in [1.807, 2.05) is 49.5 Å². The van der Waals surface area contributed by atoms with Crippen molar-refractivity contribution in [3.8, 4) is 5.69 Å². The lowest BCUT2D eigenvalue weighted by Crippen LogP contribution is -2.05. The zero-order valence-corrected chi connectivity index (χ0v) is 15.4. The van der Waals surface area contributed by atoms with Crippen molar-refractivity contribution in [1.82, 2.24) is 9.78 Å². The van der Waals surface area contributed by atoms with Crippen molar-refractivity contribution in [2.45, 2.75) is 19.8 Å². The van der Waals surface area contributed by atoms with Gasteiger partial charge in [0.15, 0.2) is 0 Å². The van der Waals surface area contributed by atoms with Crippen molar-refractivity contribution in [2.24, 2.45) is 0 Å². The molecule has 3 aromatic carbocycles. The third kappa shape index (κ3) is 3.51. The number of hydrogen-bond donors (Lipinski definition) is 1. The van der Waals surface area contributed by atoms with E-state index in [2.05, 4.69) is 5.10 Å². The second-order valence-electron chi connectivity index (χ2n) is 6.87. The number of halogens is 1. The number of benzene rings is 3. The SMILES string of the molecule is Cc1c(CC(=O)O)cc2ccc(F)cc2c1Cc1ccc(-n2cccn2)cc1. The van der Waals surface area contributed by atoms with E-state index in [0.717, 1.165) is 38.7 Å². The normalized spacial score (nSPS) is 11.1. The zero-order chi connectivity index (χ0) is 19.7. The predicted molar refractivity (Wildman–Crippen MR) is 106 cm³/mol. The van der Waals surface area contributed by atoms with E-state index in [0.29, 0.717) is 6.42 Å². The molecule has 4 rings (SSSR count). The number of carbonyl (C=O) groups is 1. The van der Waals surface area contributed by atoms with Crippen LogP contribution < -0.4 is 0 Å².